The fraction of sp³-hybridized carbons (Fsp3) is 0.321. The number of imidazole rings is 4. The Bertz CT molecular complexity index is 4190. The van der Waals surface area contributed by atoms with Gasteiger partial charge in [0.2, 0.25) is 5.28 Å². The van der Waals surface area contributed by atoms with E-state index in [1.54, 1.807) is 87.0 Å². The van der Waals surface area contributed by atoms with E-state index in [1.165, 1.54) is 27.5 Å². The molecule has 2 atom stereocenters. The van der Waals surface area contributed by atoms with Gasteiger partial charge in [0.15, 0.2) is 40.3 Å². The van der Waals surface area contributed by atoms with Gasteiger partial charge in [-0.1, -0.05) is 63.5 Å². The van der Waals surface area contributed by atoms with E-state index in [1.807, 2.05) is 16.7 Å². The molecule has 0 spiro atoms. The number of benzene rings is 2. The Balaban J connectivity index is 0.000000157. The van der Waals surface area contributed by atoms with Crippen molar-refractivity contribution in [3.63, 3.8) is 0 Å². The van der Waals surface area contributed by atoms with Crippen LogP contribution in [0.25, 0.3) is 45.1 Å². The maximum absolute atomic E-state index is 14.6. The summed E-state index contributed by atoms with van der Waals surface area (Å²) in [4.78, 5) is 53.6. The Labute approximate surface area is 470 Å². The SMILES string of the molecule is C[Si](C)(C)CCOCn1c(=O)n(C2CCOc3c(F)cccc32)c2nc(-c3cnc4ccc(C#N)cn34)ncc21.C[Si](C)(C)CCOCn1c(=O)n(C2CCOc3c(F)cccc32)c2nc(Cl)ncc21.N#Cc1ccc2nccn2c1. The van der Waals surface area contributed by atoms with E-state index in [9.17, 15) is 23.6 Å². The molecule has 81 heavy (non-hydrogen) atoms. The van der Waals surface area contributed by atoms with Crippen LogP contribution >= 0.6 is 11.6 Å². The first kappa shape index (κ1) is 55.9. The molecule has 8 aromatic heterocycles. The van der Waals surface area contributed by atoms with E-state index < -0.39 is 39.9 Å². The van der Waals surface area contributed by atoms with Crippen molar-refractivity contribution in [2.75, 3.05) is 26.4 Å². The molecule has 416 valence electrons. The average Bonchev–Trinajstić information content (AvgIpc) is 4.28. The summed E-state index contributed by atoms with van der Waals surface area (Å²) in [5.74, 6) is -0.252. The van der Waals surface area contributed by atoms with Crippen LogP contribution < -0.4 is 20.9 Å². The number of ether oxygens (including phenoxy) is 4. The van der Waals surface area contributed by atoms with Crippen molar-refractivity contribution in [1.82, 2.24) is 57.0 Å². The third-order valence-electron chi connectivity index (χ3n) is 13.8. The molecular formula is C56H57ClF2N14O6Si2. The summed E-state index contributed by atoms with van der Waals surface area (Å²) in [5, 5.41) is 18.0. The van der Waals surface area contributed by atoms with Crippen LogP contribution in [0.15, 0.2) is 114 Å². The number of pyridine rings is 2. The van der Waals surface area contributed by atoms with Gasteiger partial charge in [-0.3, -0.25) is 22.7 Å². The smallest absolute Gasteiger partial charge is 0.332 e. The molecular weight excluding hydrogens is 1090 g/mol. The van der Waals surface area contributed by atoms with Gasteiger partial charge in [0.05, 0.1) is 55.0 Å². The molecule has 0 saturated heterocycles. The third-order valence-corrected chi connectivity index (χ3v) is 17.4. The van der Waals surface area contributed by atoms with Gasteiger partial charge in [0, 0.05) is 78.1 Å². The summed E-state index contributed by atoms with van der Waals surface area (Å²) in [6.07, 6.45) is 12.7. The lowest BCUT2D eigenvalue weighted by Crippen LogP contribution is -2.32. The fourth-order valence-electron chi connectivity index (χ4n) is 9.57. The maximum Gasteiger partial charge on any atom is 0.332 e. The van der Waals surface area contributed by atoms with Crippen LogP contribution in [-0.4, -0.2) is 99.5 Å². The van der Waals surface area contributed by atoms with Gasteiger partial charge < -0.3 is 23.3 Å². The first-order valence-electron chi connectivity index (χ1n) is 26.2. The minimum absolute atomic E-state index is 0.0413. The number of hydrogen-bond acceptors (Lipinski definition) is 14. The molecule has 0 N–H and O–H groups in total. The number of rotatable bonds is 13. The van der Waals surface area contributed by atoms with Crippen LogP contribution in [0.2, 0.25) is 56.7 Å². The molecule has 0 fully saturated rings. The van der Waals surface area contributed by atoms with Crippen molar-refractivity contribution < 1.29 is 27.7 Å². The average molecular weight is 1150 g/mol. The van der Waals surface area contributed by atoms with Gasteiger partial charge in [0.1, 0.15) is 53.6 Å². The molecule has 25 heteroatoms. The zero-order valence-corrected chi connectivity index (χ0v) is 48.1. The van der Waals surface area contributed by atoms with Gasteiger partial charge >= 0.3 is 11.4 Å². The highest BCUT2D eigenvalue weighted by molar-refractivity contribution is 6.76. The zero-order chi connectivity index (χ0) is 57.2. The minimum atomic E-state index is -1.32. The number of nitrogens with zero attached hydrogens (tertiary/aromatic N) is 14. The summed E-state index contributed by atoms with van der Waals surface area (Å²) < 4.78 is 61.6. The van der Waals surface area contributed by atoms with Crippen molar-refractivity contribution in [1.29, 1.82) is 10.5 Å². The highest BCUT2D eigenvalue weighted by Gasteiger charge is 2.32. The number of aromatic nitrogens is 12. The molecule has 2 aliphatic heterocycles. The highest BCUT2D eigenvalue weighted by Crippen LogP contribution is 2.39. The lowest BCUT2D eigenvalue weighted by Gasteiger charge is -2.26. The van der Waals surface area contributed by atoms with E-state index in [-0.39, 0.29) is 48.2 Å². The Kier molecular flexibility index (Phi) is 16.1. The minimum Gasteiger partial charge on any atom is -0.490 e. The Morgan fingerprint density at radius 3 is 1.75 bits per heavy atom. The summed E-state index contributed by atoms with van der Waals surface area (Å²) in [6, 6.07) is 21.7. The van der Waals surface area contributed by atoms with Crippen LogP contribution in [0, 0.1) is 34.3 Å². The van der Waals surface area contributed by atoms with Crippen LogP contribution in [0.4, 0.5) is 8.78 Å². The molecule has 0 aliphatic carbocycles. The molecule has 0 radical (unpaired) electrons. The molecule has 10 heterocycles. The lowest BCUT2D eigenvalue weighted by molar-refractivity contribution is 0.0867. The third kappa shape index (κ3) is 11.9. The monoisotopic (exact) mass is 1150 g/mol. The van der Waals surface area contributed by atoms with Crippen LogP contribution in [0.3, 0.4) is 0 Å². The standard InChI is InChI=1S/C28H28FN7O3Si.C20H24ClFN4O3Si.C8H5N3/c1-40(2,3)12-11-38-17-35-23-15-32-26(22-14-31-24-8-7-18(13-30)16-34(22)24)33-27(23)36(28(35)37)21-9-10-39-25-19(21)5-4-6-20(25)29;1-30(2,3)10-9-28-12-25-16-11-23-19(21)24-18(16)26(20(25)27)15-7-8-29-17-13(15)5-4-6-14(17)22;9-5-7-1-2-8-10-3-4-11(8)6-7/h4-8,14-16,21H,9-12,17H2,1-3H3;4-6,11,15H,7-10,12H2,1-3H3;1-4,6H. The largest absolute Gasteiger partial charge is 0.490 e. The molecule has 2 aliphatic rings. The molecule has 2 aromatic carbocycles. The van der Waals surface area contributed by atoms with Gasteiger partial charge in [0.25, 0.3) is 0 Å². The predicted octanol–water partition coefficient (Wildman–Crippen LogP) is 9.88. The molecule has 10 aromatic rings. The summed E-state index contributed by atoms with van der Waals surface area (Å²) in [5.41, 5.74) is 5.61. The lowest BCUT2D eigenvalue weighted by atomic mass is 10.00. The Hall–Kier alpha value is -8.40. The van der Waals surface area contributed by atoms with Crippen LogP contribution in [0.5, 0.6) is 11.5 Å². The zero-order valence-electron chi connectivity index (χ0n) is 45.4. The van der Waals surface area contributed by atoms with Gasteiger partial charge in [-0.25, -0.2) is 43.3 Å². The second-order valence-corrected chi connectivity index (χ2v) is 33.4. The van der Waals surface area contributed by atoms with Gasteiger partial charge in [-0.2, -0.15) is 15.5 Å². The highest BCUT2D eigenvalue weighted by atomic mass is 35.5. The topological polar surface area (TPSA) is 225 Å². The fourth-order valence-corrected chi connectivity index (χ4v) is 11.2. The summed E-state index contributed by atoms with van der Waals surface area (Å²) >= 11 is 6.04. The van der Waals surface area contributed by atoms with E-state index >= 15 is 0 Å². The quantitative estimate of drug-likeness (QED) is 0.0595. The molecule has 0 bridgehead atoms. The van der Waals surface area contributed by atoms with Gasteiger partial charge in [-0.05, 0) is 60.1 Å². The van der Waals surface area contributed by atoms with Crippen molar-refractivity contribution in [2.45, 2.75) is 89.8 Å². The Morgan fingerprint density at radius 1 is 0.667 bits per heavy atom. The molecule has 20 nitrogen and oxygen atoms in total. The maximum atomic E-state index is 14.6. The van der Waals surface area contributed by atoms with E-state index in [0.717, 1.165) is 17.7 Å². The first-order valence-corrected chi connectivity index (χ1v) is 34.0. The van der Waals surface area contributed by atoms with Crippen molar-refractivity contribution in [3.8, 4) is 35.2 Å². The summed E-state index contributed by atoms with van der Waals surface area (Å²) in [7, 11) is -2.56. The number of hydrogen-bond donors (Lipinski definition) is 0. The van der Waals surface area contributed by atoms with Crippen molar-refractivity contribution >= 4 is 61.4 Å². The van der Waals surface area contributed by atoms with Crippen LogP contribution in [0.1, 0.15) is 47.2 Å². The normalized spacial score (nSPS) is 15.0. The number of nitriles is 2. The van der Waals surface area contributed by atoms with Crippen molar-refractivity contribution in [3.05, 3.63) is 164 Å². The molecule has 2 unspecified atom stereocenters. The predicted molar refractivity (Wildman–Crippen MR) is 305 cm³/mol. The Morgan fingerprint density at radius 2 is 1.20 bits per heavy atom. The number of fused-ring (bicyclic) bond motifs is 6. The van der Waals surface area contributed by atoms with Crippen molar-refractivity contribution in [2.24, 2.45) is 0 Å². The molecule has 0 amide bonds. The molecule has 12 rings (SSSR count). The second kappa shape index (κ2) is 23.4. The van der Waals surface area contributed by atoms with E-state index in [4.69, 9.17) is 40.8 Å². The second-order valence-electron chi connectivity index (χ2n) is 21.9. The van der Waals surface area contributed by atoms with E-state index in [2.05, 4.69) is 76.3 Å². The van der Waals surface area contributed by atoms with Gasteiger partial charge in [-0.15, -0.1) is 0 Å². The molecule has 0 saturated carbocycles. The van der Waals surface area contributed by atoms with Crippen LogP contribution in [-0.2, 0) is 22.9 Å². The summed E-state index contributed by atoms with van der Waals surface area (Å²) in [6.45, 7) is 15.4. The number of halogens is 3. The van der Waals surface area contributed by atoms with E-state index in [0.29, 0.717) is 94.4 Å². The first-order chi connectivity index (χ1) is 38.9. The number of para-hydroxylation sites is 2.